The molecule has 0 aromatic heterocycles. The minimum atomic E-state index is 0. The Bertz CT molecular complexity index is 1290. The van der Waals surface area contributed by atoms with Gasteiger partial charge in [0.1, 0.15) is 0 Å². The van der Waals surface area contributed by atoms with Gasteiger partial charge in [-0.05, 0) is 28.6 Å². The summed E-state index contributed by atoms with van der Waals surface area (Å²) in [6.07, 6.45) is 45.2. The molecule has 42 heavy (non-hydrogen) atoms. The van der Waals surface area contributed by atoms with Crippen LogP contribution in [0.5, 0.6) is 0 Å². The second-order valence-corrected chi connectivity index (χ2v) is 17.1. The Labute approximate surface area is 284 Å². The molecule has 8 atom stereocenters. The Balaban J connectivity index is 0.000000312. The molecule has 7 rings (SSSR count). The predicted molar refractivity (Wildman–Crippen MR) is 169 cm³/mol. The van der Waals surface area contributed by atoms with E-state index < -0.39 is 0 Å². The Kier molecular flexibility index (Phi) is 10.4. The average Bonchev–Trinajstić information content (AvgIpc) is 3.69. The van der Waals surface area contributed by atoms with Crippen molar-refractivity contribution in [2.75, 3.05) is 0 Å². The van der Waals surface area contributed by atoms with Gasteiger partial charge in [-0.15, -0.1) is 23.8 Å². The van der Waals surface area contributed by atoms with Gasteiger partial charge in [0.15, 0.2) is 0 Å². The minimum absolute atomic E-state index is 0. The number of hydrogen-bond acceptors (Lipinski definition) is 0. The van der Waals surface area contributed by atoms with Crippen molar-refractivity contribution < 1.29 is 48.7 Å². The maximum absolute atomic E-state index is 2.99. The van der Waals surface area contributed by atoms with E-state index in [-0.39, 0.29) is 62.7 Å². The standard InChI is InChI=1S/C29H37.C5H8.C5H5.2ClH.Hf/c1-21-14-13-15-22-20-27(6)25(4)18-10-9-16-23(25,2)24(3)17-11-12-19-26(24,5)29(27,8)28(21,22)7;2*1-2-4-5-3-1;;;/h9-20,22H,1-8H3;1-4H2;1-3H,4H2;2*1H;/q-1;;-1;;;+2/p-2. The van der Waals surface area contributed by atoms with Gasteiger partial charge in [-0.25, -0.2) is 12.2 Å². The van der Waals surface area contributed by atoms with Crippen molar-refractivity contribution in [1.82, 2.24) is 0 Å². The van der Waals surface area contributed by atoms with Crippen molar-refractivity contribution in [2.45, 2.75) is 87.5 Å². The fourth-order valence-electron chi connectivity index (χ4n) is 10.4. The van der Waals surface area contributed by atoms with Crippen LogP contribution in [-0.4, -0.2) is 3.26 Å². The molecule has 0 aliphatic heterocycles. The molecule has 0 amide bonds. The number of hydrogen-bond donors (Lipinski definition) is 0. The molecule has 7 aliphatic rings. The van der Waals surface area contributed by atoms with E-state index in [1.165, 1.54) is 55.1 Å². The molecule has 7 aliphatic carbocycles. The van der Waals surface area contributed by atoms with Gasteiger partial charge in [-0.2, -0.15) is 6.08 Å². The van der Waals surface area contributed by atoms with Gasteiger partial charge in [0.2, 0.25) is 0 Å². The van der Waals surface area contributed by atoms with Crippen molar-refractivity contribution >= 4 is 3.26 Å². The molecule has 226 valence electrons. The molecular formula is C39H50Cl2Hf-2. The first-order chi connectivity index (χ1) is 18.8. The molecule has 0 radical (unpaired) electrons. The zero-order chi connectivity index (χ0) is 29.1. The summed E-state index contributed by atoms with van der Waals surface area (Å²) in [5, 5.41) is 0. The Morgan fingerprint density at radius 1 is 0.738 bits per heavy atom. The Hall–Kier alpha value is -0.760. The first-order valence-corrected chi connectivity index (χ1v) is 17.3. The van der Waals surface area contributed by atoms with Crippen molar-refractivity contribution in [3.63, 3.8) is 0 Å². The van der Waals surface area contributed by atoms with E-state index in [1.54, 1.807) is 0 Å². The van der Waals surface area contributed by atoms with E-state index in [4.69, 9.17) is 0 Å². The summed E-state index contributed by atoms with van der Waals surface area (Å²) in [7, 11) is 0. The number of halogens is 2. The molecule has 3 heteroatoms. The van der Waals surface area contributed by atoms with Crippen LogP contribution in [0, 0.1) is 56.3 Å². The van der Waals surface area contributed by atoms with Crippen LogP contribution in [-0.2, 0) is 23.9 Å². The monoisotopic (exact) mass is 768 g/mol. The molecular weight excluding hydrogens is 718 g/mol. The SMILES string of the molecule is CC1=CC=CC2[CH-]C3(C)C4(C)C=CC=CC4(C)C4(C)C=CC=CC4(C)C3(C)C12C.[C-]1=CC=CC1.[Cl-].[Cl-].[Hf+2]=[C]1CCCC1. The van der Waals surface area contributed by atoms with Gasteiger partial charge < -0.3 is 31.2 Å². The van der Waals surface area contributed by atoms with Gasteiger partial charge in [0.05, 0.1) is 0 Å². The van der Waals surface area contributed by atoms with Gasteiger partial charge in [-0.3, -0.25) is 6.08 Å². The van der Waals surface area contributed by atoms with Gasteiger partial charge in [0, 0.05) is 10.8 Å². The van der Waals surface area contributed by atoms with Crippen LogP contribution < -0.4 is 24.8 Å². The summed E-state index contributed by atoms with van der Waals surface area (Å²) in [6, 6.07) is 0. The third kappa shape index (κ3) is 4.32. The van der Waals surface area contributed by atoms with Crippen LogP contribution in [0.3, 0.4) is 0 Å². The van der Waals surface area contributed by atoms with Crippen LogP contribution in [0.2, 0.25) is 0 Å². The maximum atomic E-state index is 2.99. The molecule has 0 aromatic rings. The zero-order valence-electron chi connectivity index (χ0n) is 27.0. The molecule has 0 bridgehead atoms. The first kappa shape index (κ1) is 35.7. The second-order valence-electron chi connectivity index (χ2n) is 14.5. The van der Waals surface area contributed by atoms with E-state index in [1.807, 2.05) is 15.4 Å². The van der Waals surface area contributed by atoms with Gasteiger partial charge in [-0.1, -0.05) is 115 Å². The van der Waals surface area contributed by atoms with Gasteiger partial charge in [0.25, 0.3) is 0 Å². The van der Waals surface area contributed by atoms with E-state index in [0.29, 0.717) is 5.92 Å². The van der Waals surface area contributed by atoms with Crippen molar-refractivity contribution in [1.29, 1.82) is 0 Å². The van der Waals surface area contributed by atoms with Crippen LogP contribution in [0.1, 0.15) is 87.5 Å². The summed E-state index contributed by atoms with van der Waals surface area (Å²) in [4.78, 5) is 0. The number of allylic oxidation sites excluding steroid dienone is 16. The van der Waals surface area contributed by atoms with Crippen molar-refractivity contribution in [3.05, 3.63) is 103 Å². The van der Waals surface area contributed by atoms with Crippen LogP contribution >= 0.6 is 0 Å². The quantitative estimate of drug-likeness (QED) is 0.256. The van der Waals surface area contributed by atoms with E-state index in [9.17, 15) is 0 Å². The molecule has 0 aromatic carbocycles. The third-order valence-corrected chi connectivity index (χ3v) is 15.6. The Morgan fingerprint density at radius 3 is 1.71 bits per heavy atom. The molecule has 0 N–H and O–H groups in total. The third-order valence-electron chi connectivity index (χ3n) is 13.8. The first-order valence-electron chi connectivity index (χ1n) is 15.5. The molecule has 0 spiro atoms. The molecule has 3 saturated carbocycles. The number of fused-ring (bicyclic) bond motifs is 8. The summed E-state index contributed by atoms with van der Waals surface area (Å²) in [5.41, 5.74) is 1.73. The fraction of sp³-hybridized carbons (Fsp3) is 0.538. The summed E-state index contributed by atoms with van der Waals surface area (Å²) in [6.45, 7) is 20.3. The molecule has 8 unspecified atom stereocenters. The summed E-state index contributed by atoms with van der Waals surface area (Å²) in [5.74, 6) is 0.460. The van der Waals surface area contributed by atoms with Crippen LogP contribution in [0.4, 0.5) is 0 Å². The molecule has 0 saturated heterocycles. The van der Waals surface area contributed by atoms with E-state index in [0.717, 1.165) is 6.42 Å². The molecule has 3 fully saturated rings. The molecule has 0 heterocycles. The van der Waals surface area contributed by atoms with Crippen molar-refractivity contribution in [3.8, 4) is 0 Å². The average molecular weight is 768 g/mol. The van der Waals surface area contributed by atoms with Crippen molar-refractivity contribution in [2.24, 2.45) is 43.8 Å². The summed E-state index contributed by atoms with van der Waals surface area (Å²) < 4.78 is 1.84. The number of rotatable bonds is 0. The summed E-state index contributed by atoms with van der Waals surface area (Å²) >= 11 is 1.37. The second kappa shape index (κ2) is 12.2. The molecule has 0 nitrogen and oxygen atoms in total. The Morgan fingerprint density at radius 2 is 1.26 bits per heavy atom. The van der Waals surface area contributed by atoms with Crippen LogP contribution in [0.25, 0.3) is 0 Å². The topological polar surface area (TPSA) is 0 Å². The van der Waals surface area contributed by atoms with Gasteiger partial charge >= 0.3 is 52.8 Å². The van der Waals surface area contributed by atoms with E-state index in [2.05, 4.69) is 141 Å². The fourth-order valence-corrected chi connectivity index (χ4v) is 11.7. The normalized spacial score (nSPS) is 46.1. The predicted octanol–water partition coefficient (Wildman–Crippen LogP) is 4.24. The van der Waals surface area contributed by atoms with E-state index >= 15 is 0 Å². The van der Waals surface area contributed by atoms with Crippen LogP contribution in [0.15, 0.2) is 90.6 Å². The zero-order valence-corrected chi connectivity index (χ0v) is 32.1.